The molecule has 1 aromatic carbocycles. The van der Waals surface area contributed by atoms with Crippen LogP contribution in [0.1, 0.15) is 30.6 Å². The Labute approximate surface area is 129 Å². The Kier molecular flexibility index (Phi) is 6.03. The fourth-order valence-electron chi connectivity index (χ4n) is 2.01. The molecule has 1 aromatic rings. The van der Waals surface area contributed by atoms with Crippen molar-refractivity contribution in [2.24, 2.45) is 5.92 Å². The van der Waals surface area contributed by atoms with E-state index >= 15 is 0 Å². The zero-order chi connectivity index (χ0) is 16.9. The molecule has 0 unspecified atom stereocenters. The van der Waals surface area contributed by atoms with E-state index in [4.69, 9.17) is 0 Å². The van der Waals surface area contributed by atoms with Crippen LogP contribution in [0.5, 0.6) is 0 Å². The summed E-state index contributed by atoms with van der Waals surface area (Å²) >= 11 is 0. The molecule has 0 aliphatic heterocycles. The van der Waals surface area contributed by atoms with E-state index in [2.05, 4.69) is 5.32 Å². The maximum atomic E-state index is 12.2. The lowest BCUT2D eigenvalue weighted by Crippen LogP contribution is -2.46. The number of amides is 2. The van der Waals surface area contributed by atoms with Crippen molar-refractivity contribution >= 4 is 17.5 Å². The summed E-state index contributed by atoms with van der Waals surface area (Å²) in [6.45, 7) is 3.91. The summed E-state index contributed by atoms with van der Waals surface area (Å²) < 4.78 is 0. The van der Waals surface area contributed by atoms with Gasteiger partial charge in [0.05, 0.1) is 4.92 Å². The number of nitro groups is 1. The summed E-state index contributed by atoms with van der Waals surface area (Å²) in [5.41, 5.74) is 0.00140. The van der Waals surface area contributed by atoms with E-state index in [1.165, 1.54) is 29.2 Å². The first-order chi connectivity index (χ1) is 10.2. The lowest BCUT2D eigenvalue weighted by molar-refractivity contribution is -0.384. The highest BCUT2D eigenvalue weighted by atomic mass is 16.6. The number of benzene rings is 1. The van der Waals surface area contributed by atoms with Crippen LogP contribution in [-0.4, -0.2) is 41.8 Å². The highest BCUT2D eigenvalue weighted by molar-refractivity contribution is 5.97. The SMILES string of the molecule is CC(C)C[C@@H](NC(=O)c1cccc([N+](=O)[O-])c1)C(=O)N(C)C. The number of nitrogens with zero attached hydrogens (tertiary/aromatic N) is 2. The van der Waals surface area contributed by atoms with Crippen LogP contribution in [0.3, 0.4) is 0 Å². The molecule has 0 aliphatic carbocycles. The molecular weight excluding hydrogens is 286 g/mol. The van der Waals surface area contributed by atoms with Gasteiger partial charge in [-0.05, 0) is 18.4 Å². The fraction of sp³-hybridized carbons (Fsp3) is 0.467. The molecule has 1 N–H and O–H groups in total. The van der Waals surface area contributed by atoms with Gasteiger partial charge in [-0.3, -0.25) is 19.7 Å². The summed E-state index contributed by atoms with van der Waals surface area (Å²) in [5.74, 6) is -0.476. The van der Waals surface area contributed by atoms with Crippen LogP contribution >= 0.6 is 0 Å². The number of rotatable bonds is 6. The topological polar surface area (TPSA) is 92.5 Å². The monoisotopic (exact) mass is 307 g/mol. The number of nitro benzene ring substituents is 1. The molecule has 22 heavy (non-hydrogen) atoms. The van der Waals surface area contributed by atoms with Crippen molar-refractivity contribution in [3.05, 3.63) is 39.9 Å². The molecule has 0 saturated carbocycles. The number of likely N-dealkylation sites (N-methyl/N-ethyl adjacent to an activating group) is 1. The molecule has 7 nitrogen and oxygen atoms in total. The molecule has 0 aliphatic rings. The zero-order valence-electron chi connectivity index (χ0n) is 13.2. The molecule has 0 saturated heterocycles. The molecule has 1 rings (SSSR count). The second kappa shape index (κ2) is 7.53. The molecule has 0 spiro atoms. The third-order valence-electron chi connectivity index (χ3n) is 3.07. The summed E-state index contributed by atoms with van der Waals surface area (Å²) in [4.78, 5) is 36.0. The first-order valence-electron chi connectivity index (χ1n) is 6.98. The van der Waals surface area contributed by atoms with Gasteiger partial charge in [-0.1, -0.05) is 19.9 Å². The van der Waals surface area contributed by atoms with Gasteiger partial charge in [-0.25, -0.2) is 0 Å². The standard InChI is InChI=1S/C15H21N3O4/c1-10(2)8-13(15(20)17(3)4)16-14(19)11-6-5-7-12(9-11)18(21)22/h5-7,9-10,13H,8H2,1-4H3,(H,16,19)/t13-/m1/s1. The second-order valence-electron chi connectivity index (χ2n) is 5.70. The van der Waals surface area contributed by atoms with E-state index in [1.54, 1.807) is 14.1 Å². The molecule has 0 bridgehead atoms. The maximum absolute atomic E-state index is 12.2. The number of carbonyl (C=O) groups excluding carboxylic acids is 2. The van der Waals surface area contributed by atoms with E-state index in [9.17, 15) is 19.7 Å². The van der Waals surface area contributed by atoms with Crippen molar-refractivity contribution in [1.29, 1.82) is 0 Å². The molecule has 120 valence electrons. The van der Waals surface area contributed by atoms with Gasteiger partial charge in [-0.2, -0.15) is 0 Å². The van der Waals surface area contributed by atoms with Crippen molar-refractivity contribution in [3.8, 4) is 0 Å². The molecule has 0 aromatic heterocycles. The molecule has 0 fully saturated rings. The van der Waals surface area contributed by atoms with Gasteiger partial charge in [-0.15, -0.1) is 0 Å². The van der Waals surface area contributed by atoms with Gasteiger partial charge in [0, 0.05) is 31.8 Å². The molecule has 7 heteroatoms. The predicted octanol–water partition coefficient (Wildman–Crippen LogP) is 1.83. The number of nitrogens with one attached hydrogen (secondary N) is 1. The quantitative estimate of drug-likeness (QED) is 0.641. The minimum Gasteiger partial charge on any atom is -0.347 e. The normalized spacial score (nSPS) is 11.9. The van der Waals surface area contributed by atoms with Crippen molar-refractivity contribution in [2.75, 3.05) is 14.1 Å². The lowest BCUT2D eigenvalue weighted by atomic mass is 10.0. The molecule has 0 radical (unpaired) electrons. The van der Waals surface area contributed by atoms with Crippen LogP contribution in [0.15, 0.2) is 24.3 Å². The predicted molar refractivity (Wildman–Crippen MR) is 82.5 cm³/mol. The van der Waals surface area contributed by atoms with Gasteiger partial charge < -0.3 is 10.2 Å². The van der Waals surface area contributed by atoms with Gasteiger partial charge >= 0.3 is 0 Å². The van der Waals surface area contributed by atoms with Gasteiger partial charge in [0.2, 0.25) is 5.91 Å². The third-order valence-corrected chi connectivity index (χ3v) is 3.07. The number of hydrogen-bond acceptors (Lipinski definition) is 4. The molecule has 0 heterocycles. The van der Waals surface area contributed by atoms with Crippen molar-refractivity contribution < 1.29 is 14.5 Å². The van der Waals surface area contributed by atoms with E-state index in [0.717, 1.165) is 0 Å². The van der Waals surface area contributed by atoms with Crippen LogP contribution < -0.4 is 5.32 Å². The fourth-order valence-corrected chi connectivity index (χ4v) is 2.01. The Morgan fingerprint density at radius 1 is 1.32 bits per heavy atom. The minimum atomic E-state index is -0.651. The number of hydrogen-bond donors (Lipinski definition) is 1. The summed E-state index contributed by atoms with van der Waals surface area (Å²) in [5, 5.41) is 13.4. The van der Waals surface area contributed by atoms with E-state index in [-0.39, 0.29) is 23.1 Å². The van der Waals surface area contributed by atoms with Crippen molar-refractivity contribution in [1.82, 2.24) is 10.2 Å². The average Bonchev–Trinajstić information content (AvgIpc) is 2.45. The highest BCUT2D eigenvalue weighted by Gasteiger charge is 2.24. The van der Waals surface area contributed by atoms with Crippen molar-refractivity contribution in [3.63, 3.8) is 0 Å². The summed E-state index contributed by atoms with van der Waals surface area (Å²) in [7, 11) is 3.24. The first-order valence-corrected chi connectivity index (χ1v) is 6.98. The Morgan fingerprint density at radius 3 is 2.45 bits per heavy atom. The van der Waals surface area contributed by atoms with E-state index < -0.39 is 16.9 Å². The van der Waals surface area contributed by atoms with Crippen LogP contribution in [0.25, 0.3) is 0 Å². The maximum Gasteiger partial charge on any atom is 0.270 e. The highest BCUT2D eigenvalue weighted by Crippen LogP contribution is 2.14. The number of carbonyl (C=O) groups is 2. The Balaban J connectivity index is 2.93. The lowest BCUT2D eigenvalue weighted by Gasteiger charge is -2.23. The summed E-state index contributed by atoms with van der Waals surface area (Å²) in [6, 6.07) is 4.78. The minimum absolute atomic E-state index is 0.160. The Morgan fingerprint density at radius 2 is 1.95 bits per heavy atom. The Bertz CT molecular complexity index is 570. The second-order valence-corrected chi connectivity index (χ2v) is 5.70. The largest absolute Gasteiger partial charge is 0.347 e. The average molecular weight is 307 g/mol. The van der Waals surface area contributed by atoms with Crippen LogP contribution in [0, 0.1) is 16.0 Å². The van der Waals surface area contributed by atoms with Crippen LogP contribution in [-0.2, 0) is 4.79 Å². The smallest absolute Gasteiger partial charge is 0.270 e. The summed E-state index contributed by atoms with van der Waals surface area (Å²) in [6.07, 6.45) is 0.498. The van der Waals surface area contributed by atoms with Crippen LogP contribution in [0.4, 0.5) is 5.69 Å². The van der Waals surface area contributed by atoms with E-state index in [0.29, 0.717) is 6.42 Å². The Hall–Kier alpha value is -2.44. The van der Waals surface area contributed by atoms with Crippen molar-refractivity contribution in [2.45, 2.75) is 26.3 Å². The van der Waals surface area contributed by atoms with E-state index in [1.807, 2.05) is 13.8 Å². The van der Waals surface area contributed by atoms with Gasteiger partial charge in [0.15, 0.2) is 0 Å². The zero-order valence-corrected chi connectivity index (χ0v) is 13.2. The number of non-ortho nitro benzene ring substituents is 1. The third kappa shape index (κ3) is 4.83. The first kappa shape index (κ1) is 17.6. The van der Waals surface area contributed by atoms with Gasteiger partial charge in [0.1, 0.15) is 6.04 Å². The molecule has 2 amide bonds. The van der Waals surface area contributed by atoms with Crippen LogP contribution in [0.2, 0.25) is 0 Å². The molecule has 1 atom stereocenters. The van der Waals surface area contributed by atoms with Gasteiger partial charge in [0.25, 0.3) is 11.6 Å². The molecular formula is C15H21N3O4.